The highest BCUT2D eigenvalue weighted by atomic mass is 79.9. The van der Waals surface area contributed by atoms with Crippen LogP contribution in [0.3, 0.4) is 0 Å². The summed E-state index contributed by atoms with van der Waals surface area (Å²) < 4.78 is 1.08. The fourth-order valence-electron chi connectivity index (χ4n) is 1.41. The van der Waals surface area contributed by atoms with Gasteiger partial charge in [-0.15, -0.1) is 6.42 Å². The van der Waals surface area contributed by atoms with Crippen LogP contribution in [0.1, 0.15) is 5.56 Å². The summed E-state index contributed by atoms with van der Waals surface area (Å²) in [7, 11) is 2.07. The van der Waals surface area contributed by atoms with Crippen molar-refractivity contribution in [2.45, 2.75) is 0 Å². The summed E-state index contributed by atoms with van der Waals surface area (Å²) in [5.74, 6) is 2.65. The Balaban J connectivity index is 2.66. The first kappa shape index (κ1) is 12.0. The van der Waals surface area contributed by atoms with E-state index in [-0.39, 0.29) is 0 Å². The van der Waals surface area contributed by atoms with E-state index in [0.717, 1.165) is 23.1 Å². The molecule has 0 amide bonds. The topological polar surface area (TPSA) is 4.44 Å². The van der Waals surface area contributed by atoms with Crippen molar-refractivity contribution in [3.8, 4) is 12.3 Å². The first-order valence-electron chi connectivity index (χ1n) is 4.82. The van der Waals surface area contributed by atoms with Gasteiger partial charge in [0, 0.05) is 10.0 Å². The average Bonchev–Trinajstić information content (AvgIpc) is 2.18. The van der Waals surface area contributed by atoms with E-state index in [1.807, 2.05) is 12.1 Å². The summed E-state index contributed by atoms with van der Waals surface area (Å²) in [6, 6.07) is 8.16. The predicted molar refractivity (Wildman–Crippen MR) is 68.6 cm³/mol. The molecule has 0 aliphatic heterocycles. The summed E-state index contributed by atoms with van der Waals surface area (Å²) in [5.41, 5.74) is 2.28. The van der Waals surface area contributed by atoms with Crippen LogP contribution in [0.15, 0.2) is 35.3 Å². The second-order valence-electron chi connectivity index (χ2n) is 3.63. The molecule has 0 heterocycles. The van der Waals surface area contributed by atoms with Crippen molar-refractivity contribution >= 4 is 21.5 Å². The number of likely N-dealkylation sites (N-methyl/N-ethyl adjacent to an activating group) is 1. The van der Waals surface area contributed by atoms with Gasteiger partial charge in [-0.2, -0.15) is 0 Å². The average molecular weight is 265 g/mol. The molecule has 1 atom stereocenters. The molecule has 1 nitrogen and oxygen atoms in total. The summed E-state index contributed by atoms with van der Waals surface area (Å²) in [5, 5.41) is 0. The van der Waals surface area contributed by atoms with Crippen molar-refractivity contribution in [1.82, 2.24) is 0 Å². The van der Waals surface area contributed by atoms with Crippen LogP contribution in [-0.2, 0) is 0 Å². The van der Waals surface area contributed by atoms with Crippen LogP contribution in [-0.4, -0.2) is 20.1 Å². The minimum atomic E-state index is 0.729. The normalized spacial score (nSPS) is 11.8. The van der Waals surface area contributed by atoms with Gasteiger partial charge >= 0.3 is 0 Å². The Bertz CT molecular complexity index is 390. The molecule has 2 heteroatoms. The van der Waals surface area contributed by atoms with Crippen molar-refractivity contribution in [1.29, 1.82) is 0 Å². The highest BCUT2D eigenvalue weighted by molar-refractivity contribution is 9.10. The third kappa shape index (κ3) is 3.91. The van der Waals surface area contributed by atoms with Gasteiger partial charge in [-0.25, -0.2) is 0 Å². The molecule has 0 aromatic heterocycles. The van der Waals surface area contributed by atoms with Gasteiger partial charge in [0.2, 0.25) is 0 Å². The Morgan fingerprint density at radius 1 is 1.60 bits per heavy atom. The zero-order valence-electron chi connectivity index (χ0n) is 8.89. The number of nitrogens with one attached hydrogen (secondary N) is 1. The summed E-state index contributed by atoms with van der Waals surface area (Å²) in [6.45, 7) is 5.68. The summed E-state index contributed by atoms with van der Waals surface area (Å²) >= 11 is 3.45. The van der Waals surface area contributed by atoms with Gasteiger partial charge in [0.15, 0.2) is 0 Å². The Labute approximate surface area is 99.9 Å². The van der Waals surface area contributed by atoms with Crippen molar-refractivity contribution < 1.29 is 4.90 Å². The van der Waals surface area contributed by atoms with Gasteiger partial charge in [0.1, 0.15) is 13.1 Å². The lowest BCUT2D eigenvalue weighted by atomic mass is 10.1. The Kier molecular flexibility index (Phi) is 4.61. The van der Waals surface area contributed by atoms with Gasteiger partial charge in [0.05, 0.1) is 7.05 Å². The van der Waals surface area contributed by atoms with E-state index >= 15 is 0 Å². The van der Waals surface area contributed by atoms with Crippen LogP contribution in [0.4, 0.5) is 0 Å². The number of hydrogen-bond donors (Lipinski definition) is 1. The third-order valence-electron chi connectivity index (χ3n) is 2.15. The largest absolute Gasteiger partial charge is 0.324 e. The molecular formula is C13H15BrN+. The lowest BCUT2D eigenvalue weighted by molar-refractivity contribution is -0.863. The summed E-state index contributed by atoms with van der Waals surface area (Å²) in [4.78, 5) is 1.28. The molecule has 1 aromatic rings. The second-order valence-corrected chi connectivity index (χ2v) is 4.54. The monoisotopic (exact) mass is 264 g/mol. The van der Waals surface area contributed by atoms with Crippen LogP contribution in [0.5, 0.6) is 0 Å². The van der Waals surface area contributed by atoms with Crippen LogP contribution < -0.4 is 4.90 Å². The zero-order chi connectivity index (χ0) is 11.3. The molecule has 0 spiro atoms. The first-order valence-corrected chi connectivity index (χ1v) is 5.61. The lowest BCUT2D eigenvalue weighted by Gasteiger charge is -2.12. The molecule has 0 aliphatic carbocycles. The fraction of sp³-hybridized carbons (Fsp3) is 0.231. The standard InChI is InChI=1S/C13H14BrN/c1-4-8-15(3)10-11(2)12-6-5-7-13(14)9-12/h1,5-7,9H,2,8,10H2,3H3/p+1. The highest BCUT2D eigenvalue weighted by Gasteiger charge is 2.05. The third-order valence-corrected chi connectivity index (χ3v) is 2.65. The molecule has 0 saturated heterocycles. The van der Waals surface area contributed by atoms with Crippen LogP contribution in [0, 0.1) is 12.3 Å². The zero-order valence-corrected chi connectivity index (χ0v) is 10.5. The number of halogens is 1. The number of terminal acetylenes is 1. The Morgan fingerprint density at radius 2 is 2.33 bits per heavy atom. The predicted octanol–water partition coefficient (Wildman–Crippen LogP) is 1.61. The number of rotatable bonds is 4. The van der Waals surface area contributed by atoms with Crippen LogP contribution in [0.25, 0.3) is 5.57 Å². The molecular weight excluding hydrogens is 250 g/mol. The van der Waals surface area contributed by atoms with E-state index < -0.39 is 0 Å². The summed E-state index contributed by atoms with van der Waals surface area (Å²) in [6.07, 6.45) is 5.26. The minimum absolute atomic E-state index is 0.729. The smallest absolute Gasteiger partial charge is 0.139 e. The van der Waals surface area contributed by atoms with E-state index in [1.54, 1.807) is 0 Å². The SMILES string of the molecule is C#CC[NH+](C)CC(=C)c1cccc(Br)c1. The van der Waals surface area contributed by atoms with E-state index in [4.69, 9.17) is 6.42 Å². The number of hydrogen-bond acceptors (Lipinski definition) is 0. The maximum Gasteiger partial charge on any atom is 0.139 e. The highest BCUT2D eigenvalue weighted by Crippen LogP contribution is 2.16. The van der Waals surface area contributed by atoms with Gasteiger partial charge in [-0.3, -0.25) is 0 Å². The van der Waals surface area contributed by atoms with Gasteiger partial charge < -0.3 is 4.90 Å². The molecule has 15 heavy (non-hydrogen) atoms. The van der Waals surface area contributed by atoms with E-state index in [0.29, 0.717) is 0 Å². The molecule has 1 aromatic carbocycles. The molecule has 1 rings (SSSR count). The maximum absolute atomic E-state index is 5.26. The molecule has 78 valence electrons. The molecule has 1 unspecified atom stereocenters. The quantitative estimate of drug-likeness (QED) is 0.789. The second kappa shape index (κ2) is 5.75. The minimum Gasteiger partial charge on any atom is -0.324 e. The molecule has 1 N–H and O–H groups in total. The number of quaternary nitrogens is 1. The van der Waals surface area contributed by atoms with E-state index in [2.05, 4.69) is 47.6 Å². The first-order chi connectivity index (χ1) is 7.13. The van der Waals surface area contributed by atoms with E-state index in [9.17, 15) is 0 Å². The number of benzene rings is 1. The van der Waals surface area contributed by atoms with Crippen LogP contribution >= 0.6 is 15.9 Å². The van der Waals surface area contributed by atoms with Crippen molar-refractivity contribution in [3.05, 3.63) is 40.9 Å². The van der Waals surface area contributed by atoms with E-state index in [1.165, 1.54) is 10.5 Å². The van der Waals surface area contributed by atoms with Crippen molar-refractivity contribution in [2.24, 2.45) is 0 Å². The molecule has 0 aliphatic rings. The lowest BCUT2D eigenvalue weighted by Crippen LogP contribution is -3.08. The molecule has 0 fully saturated rings. The fourth-order valence-corrected chi connectivity index (χ4v) is 1.81. The molecule has 0 bridgehead atoms. The molecule has 0 radical (unpaired) electrons. The maximum atomic E-state index is 5.26. The van der Waals surface area contributed by atoms with Gasteiger partial charge in [-0.1, -0.05) is 34.6 Å². The van der Waals surface area contributed by atoms with Crippen molar-refractivity contribution in [2.75, 3.05) is 20.1 Å². The Morgan fingerprint density at radius 3 is 2.93 bits per heavy atom. The Hall–Kier alpha value is -1.04. The van der Waals surface area contributed by atoms with Gasteiger partial charge in [-0.05, 0) is 23.6 Å². The van der Waals surface area contributed by atoms with Gasteiger partial charge in [0.25, 0.3) is 0 Å². The van der Waals surface area contributed by atoms with Crippen LogP contribution in [0.2, 0.25) is 0 Å². The van der Waals surface area contributed by atoms with Crippen molar-refractivity contribution in [3.63, 3.8) is 0 Å². The molecule has 0 saturated carbocycles.